The van der Waals surface area contributed by atoms with Gasteiger partial charge in [-0.2, -0.15) is 0 Å². The number of sulfonamides is 1. The summed E-state index contributed by atoms with van der Waals surface area (Å²) in [5.41, 5.74) is 4.96. The normalized spacial score (nSPS) is 19.5. The highest BCUT2D eigenvalue weighted by Gasteiger charge is 2.43. The molecule has 1 aromatic carbocycles. The van der Waals surface area contributed by atoms with E-state index in [9.17, 15) is 12.8 Å². The van der Waals surface area contributed by atoms with Crippen LogP contribution in [-0.4, -0.2) is 20.5 Å². The molecule has 3 N–H and O–H groups in total. The van der Waals surface area contributed by atoms with Gasteiger partial charge in [-0.1, -0.05) is 12.1 Å². The number of hydrogen-bond donors (Lipinski definition) is 2. The van der Waals surface area contributed by atoms with Crippen molar-refractivity contribution in [2.24, 2.45) is 11.7 Å². The Balaban J connectivity index is 2.30. The Labute approximate surface area is 106 Å². The van der Waals surface area contributed by atoms with Gasteiger partial charge in [-0.25, -0.2) is 17.5 Å². The van der Waals surface area contributed by atoms with Gasteiger partial charge in [-0.15, -0.1) is 0 Å². The lowest BCUT2D eigenvalue weighted by Crippen LogP contribution is -2.53. The van der Waals surface area contributed by atoms with Crippen molar-refractivity contribution in [1.82, 2.24) is 4.72 Å². The van der Waals surface area contributed by atoms with Gasteiger partial charge in [-0.05, 0) is 37.8 Å². The smallest absolute Gasteiger partial charge is 0.244 e. The van der Waals surface area contributed by atoms with Gasteiger partial charge in [0.05, 0.1) is 0 Å². The second-order valence-electron chi connectivity index (χ2n) is 4.93. The quantitative estimate of drug-likeness (QED) is 0.847. The summed E-state index contributed by atoms with van der Waals surface area (Å²) in [5.74, 6) is -0.510. The Morgan fingerprint density at radius 1 is 1.44 bits per heavy atom. The molecule has 2 rings (SSSR count). The largest absolute Gasteiger partial charge is 0.329 e. The van der Waals surface area contributed by atoms with E-state index in [1.807, 2.05) is 0 Å². The number of hydrogen-bond acceptors (Lipinski definition) is 3. The van der Waals surface area contributed by atoms with Crippen LogP contribution in [0.4, 0.5) is 4.39 Å². The molecule has 1 unspecified atom stereocenters. The molecule has 1 saturated carbocycles. The Kier molecular flexibility index (Phi) is 3.44. The molecule has 18 heavy (non-hydrogen) atoms. The molecule has 100 valence electrons. The third-order valence-electron chi connectivity index (χ3n) is 3.40. The monoisotopic (exact) mass is 272 g/mol. The van der Waals surface area contributed by atoms with Crippen molar-refractivity contribution in [2.75, 3.05) is 6.54 Å². The highest BCUT2D eigenvalue weighted by atomic mass is 32.2. The molecule has 4 nitrogen and oxygen atoms in total. The second-order valence-corrected chi connectivity index (χ2v) is 6.58. The number of benzene rings is 1. The van der Waals surface area contributed by atoms with Gasteiger partial charge < -0.3 is 5.73 Å². The molecule has 0 saturated heterocycles. The summed E-state index contributed by atoms with van der Waals surface area (Å²) in [7, 11) is -3.87. The van der Waals surface area contributed by atoms with Gasteiger partial charge in [0.15, 0.2) is 0 Å². The lowest BCUT2D eigenvalue weighted by atomic mass is 9.98. The van der Waals surface area contributed by atoms with Crippen molar-refractivity contribution < 1.29 is 12.8 Å². The first kappa shape index (κ1) is 13.5. The Hall–Kier alpha value is -0.980. The van der Waals surface area contributed by atoms with Crippen molar-refractivity contribution >= 4 is 10.0 Å². The van der Waals surface area contributed by atoms with Gasteiger partial charge in [-0.3, -0.25) is 0 Å². The van der Waals surface area contributed by atoms with Crippen LogP contribution in [0.1, 0.15) is 19.8 Å². The highest BCUT2D eigenvalue weighted by molar-refractivity contribution is 7.89. The zero-order valence-corrected chi connectivity index (χ0v) is 11.0. The number of nitrogens with one attached hydrogen (secondary N) is 1. The molecule has 0 amide bonds. The second kappa shape index (κ2) is 4.60. The minimum atomic E-state index is -3.87. The van der Waals surface area contributed by atoms with Gasteiger partial charge in [0.2, 0.25) is 10.0 Å². The molecule has 0 aromatic heterocycles. The van der Waals surface area contributed by atoms with E-state index in [1.54, 1.807) is 6.92 Å². The molecule has 0 heterocycles. The first-order valence-electron chi connectivity index (χ1n) is 5.87. The standard InChI is InChI=1S/C12H17FN2O2S/c1-12(8-14,9-6-7-9)15-18(16,17)11-5-3-2-4-10(11)13/h2-5,9,15H,6-8,14H2,1H3. The number of halogens is 1. The summed E-state index contributed by atoms with van der Waals surface area (Å²) in [6, 6.07) is 5.33. The van der Waals surface area contributed by atoms with Gasteiger partial charge in [0.25, 0.3) is 0 Å². The maximum Gasteiger partial charge on any atom is 0.244 e. The average molecular weight is 272 g/mol. The van der Waals surface area contributed by atoms with Crippen LogP contribution in [0, 0.1) is 11.7 Å². The van der Waals surface area contributed by atoms with Crippen LogP contribution in [0.2, 0.25) is 0 Å². The summed E-state index contributed by atoms with van der Waals surface area (Å²) in [5, 5.41) is 0. The number of rotatable bonds is 5. The van der Waals surface area contributed by atoms with Crippen molar-refractivity contribution in [1.29, 1.82) is 0 Å². The van der Waals surface area contributed by atoms with Crippen LogP contribution in [0.3, 0.4) is 0 Å². The van der Waals surface area contributed by atoms with Gasteiger partial charge >= 0.3 is 0 Å². The maximum absolute atomic E-state index is 13.5. The van der Waals surface area contributed by atoms with Crippen LogP contribution in [0.25, 0.3) is 0 Å². The van der Waals surface area contributed by atoms with E-state index in [0.717, 1.165) is 18.9 Å². The van der Waals surface area contributed by atoms with Crippen molar-refractivity contribution in [3.05, 3.63) is 30.1 Å². The SMILES string of the molecule is CC(CN)(NS(=O)(=O)c1ccccc1F)C1CC1. The predicted octanol–water partition coefficient (Wildman–Crippen LogP) is 1.23. The average Bonchev–Trinajstić information content (AvgIpc) is 3.12. The topological polar surface area (TPSA) is 72.2 Å². The van der Waals surface area contributed by atoms with Gasteiger partial charge in [0, 0.05) is 12.1 Å². The molecular formula is C12H17FN2O2S. The highest BCUT2D eigenvalue weighted by Crippen LogP contribution is 2.39. The van der Waals surface area contributed by atoms with E-state index in [4.69, 9.17) is 5.73 Å². The first-order chi connectivity index (χ1) is 8.39. The Bertz CT molecular complexity index is 543. The van der Waals surface area contributed by atoms with Crippen LogP contribution < -0.4 is 10.5 Å². The molecule has 1 aromatic rings. The number of nitrogens with two attached hydrogens (primary N) is 1. The fourth-order valence-electron chi connectivity index (χ4n) is 2.04. The molecule has 1 aliphatic rings. The Morgan fingerprint density at radius 2 is 2.06 bits per heavy atom. The summed E-state index contributed by atoms with van der Waals surface area (Å²) >= 11 is 0. The third-order valence-corrected chi connectivity index (χ3v) is 5.04. The minimum absolute atomic E-state index is 0.200. The molecule has 1 fully saturated rings. The summed E-state index contributed by atoms with van der Waals surface area (Å²) in [4.78, 5) is -0.328. The fraction of sp³-hybridized carbons (Fsp3) is 0.500. The van der Waals surface area contributed by atoms with Crippen LogP contribution >= 0.6 is 0 Å². The van der Waals surface area contributed by atoms with E-state index in [0.29, 0.717) is 0 Å². The maximum atomic E-state index is 13.5. The predicted molar refractivity (Wildman–Crippen MR) is 66.9 cm³/mol. The molecular weight excluding hydrogens is 255 g/mol. The first-order valence-corrected chi connectivity index (χ1v) is 7.36. The van der Waals surface area contributed by atoms with Crippen molar-refractivity contribution in [2.45, 2.75) is 30.2 Å². The van der Waals surface area contributed by atoms with Crippen LogP contribution in [0.5, 0.6) is 0 Å². The van der Waals surface area contributed by atoms with E-state index >= 15 is 0 Å². The lowest BCUT2D eigenvalue weighted by molar-refractivity contribution is 0.373. The molecule has 1 atom stereocenters. The zero-order valence-electron chi connectivity index (χ0n) is 10.2. The molecule has 0 bridgehead atoms. The molecule has 1 aliphatic carbocycles. The molecule has 0 spiro atoms. The molecule has 6 heteroatoms. The third kappa shape index (κ3) is 2.55. The summed E-state index contributed by atoms with van der Waals surface area (Å²) < 4.78 is 40.4. The summed E-state index contributed by atoms with van der Waals surface area (Å²) in [6.07, 6.45) is 1.90. The van der Waals surface area contributed by atoms with E-state index in [2.05, 4.69) is 4.72 Å². The minimum Gasteiger partial charge on any atom is -0.329 e. The lowest BCUT2D eigenvalue weighted by Gasteiger charge is -2.29. The van der Waals surface area contributed by atoms with Crippen molar-refractivity contribution in [3.8, 4) is 0 Å². The van der Waals surface area contributed by atoms with Crippen LogP contribution in [0.15, 0.2) is 29.2 Å². The van der Waals surface area contributed by atoms with Crippen LogP contribution in [-0.2, 0) is 10.0 Å². The van der Waals surface area contributed by atoms with Gasteiger partial charge in [0.1, 0.15) is 10.7 Å². The molecule has 0 aliphatic heterocycles. The Morgan fingerprint density at radius 3 is 2.56 bits per heavy atom. The fourth-order valence-corrected chi connectivity index (χ4v) is 3.59. The van der Waals surface area contributed by atoms with E-state index < -0.39 is 21.4 Å². The summed E-state index contributed by atoms with van der Waals surface area (Å²) in [6.45, 7) is 1.97. The van der Waals surface area contributed by atoms with Crippen molar-refractivity contribution in [3.63, 3.8) is 0 Å². The van der Waals surface area contributed by atoms with E-state index in [-0.39, 0.29) is 17.4 Å². The van der Waals surface area contributed by atoms with E-state index in [1.165, 1.54) is 18.2 Å². The zero-order chi connectivity index (χ0) is 13.4. The molecule has 0 radical (unpaired) electrons.